The Bertz CT molecular complexity index is 707. The first kappa shape index (κ1) is 11.9. The summed E-state index contributed by atoms with van der Waals surface area (Å²) in [6, 6.07) is 7.10. The average Bonchev–Trinajstić information content (AvgIpc) is 2.69. The molecule has 0 spiro atoms. The van der Waals surface area contributed by atoms with Crippen molar-refractivity contribution in [3.05, 3.63) is 34.9 Å². The Morgan fingerprint density at radius 1 is 1.28 bits per heavy atom. The highest BCUT2D eigenvalue weighted by Gasteiger charge is 2.25. The van der Waals surface area contributed by atoms with E-state index in [4.69, 9.17) is 0 Å². The molecule has 0 radical (unpaired) electrons. The number of fused-ring (bicyclic) bond motifs is 3. The third kappa shape index (κ3) is 1.80. The van der Waals surface area contributed by atoms with E-state index < -0.39 is 9.84 Å². The molecule has 0 bridgehead atoms. The van der Waals surface area contributed by atoms with Gasteiger partial charge in [0.2, 0.25) is 0 Å². The minimum Gasteiger partial charge on any atom is -0.264 e. The van der Waals surface area contributed by atoms with Crippen molar-refractivity contribution < 1.29 is 8.42 Å². The predicted molar refractivity (Wildman–Crippen MR) is 72.0 cm³/mol. The summed E-state index contributed by atoms with van der Waals surface area (Å²) in [4.78, 5) is 0.396. The Morgan fingerprint density at radius 2 is 2.06 bits per heavy atom. The summed E-state index contributed by atoms with van der Waals surface area (Å²) in [7, 11) is -3.20. The van der Waals surface area contributed by atoms with Crippen molar-refractivity contribution in [1.29, 1.82) is 0 Å². The number of sulfone groups is 1. The lowest BCUT2D eigenvalue weighted by molar-refractivity contribution is 0.569. The summed E-state index contributed by atoms with van der Waals surface area (Å²) in [5, 5.41) is 4.28. The van der Waals surface area contributed by atoms with Gasteiger partial charge in [-0.05, 0) is 28.4 Å². The maximum Gasteiger partial charge on any atom is 0.179 e. The number of hydrogen-bond donors (Lipinski definition) is 0. The van der Waals surface area contributed by atoms with E-state index in [0.717, 1.165) is 15.7 Å². The first-order chi connectivity index (χ1) is 8.59. The number of halogens is 1. The summed E-state index contributed by atoms with van der Waals surface area (Å²) in [5.41, 5.74) is 1.57. The van der Waals surface area contributed by atoms with Gasteiger partial charge in [-0.2, -0.15) is 5.10 Å². The van der Waals surface area contributed by atoms with Gasteiger partial charge in [0.25, 0.3) is 0 Å². The minimum absolute atomic E-state index is 0.168. The molecular weight excluding hydrogens is 316 g/mol. The lowest BCUT2D eigenvalue weighted by atomic mass is 10.1. The van der Waals surface area contributed by atoms with Gasteiger partial charge >= 0.3 is 0 Å². The zero-order valence-corrected chi connectivity index (χ0v) is 11.9. The molecule has 1 aliphatic heterocycles. The van der Waals surface area contributed by atoms with E-state index in [1.807, 2.05) is 16.8 Å². The molecule has 1 aromatic heterocycles. The number of nitrogens with zero attached hydrogens (tertiary/aromatic N) is 2. The SMILES string of the molecule is O=S1(=O)CCCn2ncc(Br)c2-c2ccccc21. The van der Waals surface area contributed by atoms with Gasteiger partial charge in [-0.3, -0.25) is 4.68 Å². The third-order valence-electron chi connectivity index (χ3n) is 3.06. The van der Waals surface area contributed by atoms with E-state index in [-0.39, 0.29) is 5.75 Å². The molecule has 6 heteroatoms. The van der Waals surface area contributed by atoms with Gasteiger partial charge < -0.3 is 0 Å². The van der Waals surface area contributed by atoms with E-state index >= 15 is 0 Å². The first-order valence-electron chi connectivity index (χ1n) is 5.63. The molecule has 2 heterocycles. The molecule has 0 N–H and O–H groups in total. The molecule has 1 aromatic carbocycles. The Balaban J connectivity index is 2.38. The first-order valence-corrected chi connectivity index (χ1v) is 8.07. The average molecular weight is 327 g/mol. The van der Waals surface area contributed by atoms with Gasteiger partial charge in [0.15, 0.2) is 9.84 Å². The molecule has 0 aliphatic carbocycles. The summed E-state index contributed by atoms with van der Waals surface area (Å²) < 4.78 is 27.2. The standard InChI is InChI=1S/C12H11BrN2O2S/c13-10-8-14-15-6-3-7-18(16,17)11-5-2-1-4-9(11)12(10)15/h1-2,4-5,8H,3,6-7H2. The maximum atomic E-state index is 12.2. The van der Waals surface area contributed by atoms with Gasteiger partial charge in [0, 0.05) is 12.1 Å². The molecule has 0 atom stereocenters. The maximum absolute atomic E-state index is 12.2. The molecular formula is C12H11BrN2O2S. The smallest absolute Gasteiger partial charge is 0.179 e. The fourth-order valence-electron chi connectivity index (χ4n) is 2.25. The highest BCUT2D eigenvalue weighted by atomic mass is 79.9. The quantitative estimate of drug-likeness (QED) is 0.747. The Kier molecular flexibility index (Phi) is 2.79. The Labute approximate surface area is 114 Å². The number of rotatable bonds is 0. The van der Waals surface area contributed by atoms with Crippen LogP contribution in [0.25, 0.3) is 11.3 Å². The molecule has 94 valence electrons. The second-order valence-corrected chi connectivity index (χ2v) is 7.16. The highest BCUT2D eigenvalue weighted by Crippen LogP contribution is 2.35. The van der Waals surface area contributed by atoms with Crippen LogP contribution in [0.5, 0.6) is 0 Å². The topological polar surface area (TPSA) is 52.0 Å². The largest absolute Gasteiger partial charge is 0.264 e. The summed E-state index contributed by atoms with van der Waals surface area (Å²) in [6.07, 6.45) is 2.29. The summed E-state index contributed by atoms with van der Waals surface area (Å²) >= 11 is 3.44. The predicted octanol–water partition coefficient (Wildman–Crippen LogP) is 2.49. The van der Waals surface area contributed by atoms with Crippen LogP contribution in [0.3, 0.4) is 0 Å². The fraction of sp³-hybridized carbons (Fsp3) is 0.250. The van der Waals surface area contributed by atoms with E-state index in [1.54, 1.807) is 18.3 Å². The molecule has 0 amide bonds. The van der Waals surface area contributed by atoms with Crippen LogP contribution in [0.2, 0.25) is 0 Å². The van der Waals surface area contributed by atoms with Crippen LogP contribution in [0.1, 0.15) is 6.42 Å². The number of hydrogen-bond acceptors (Lipinski definition) is 3. The van der Waals surface area contributed by atoms with Crippen molar-refractivity contribution in [1.82, 2.24) is 9.78 Å². The Hall–Kier alpha value is -1.14. The van der Waals surface area contributed by atoms with Crippen LogP contribution < -0.4 is 0 Å². The van der Waals surface area contributed by atoms with Crippen molar-refractivity contribution in [2.45, 2.75) is 17.9 Å². The van der Waals surface area contributed by atoms with Crippen molar-refractivity contribution in [2.75, 3.05) is 5.75 Å². The molecule has 0 unspecified atom stereocenters. The van der Waals surface area contributed by atoms with Crippen molar-refractivity contribution in [3.63, 3.8) is 0 Å². The summed E-state index contributed by atoms with van der Waals surface area (Å²) in [5.74, 6) is 0.168. The zero-order valence-electron chi connectivity index (χ0n) is 9.51. The molecule has 3 rings (SSSR count). The molecule has 4 nitrogen and oxygen atoms in total. The molecule has 0 saturated carbocycles. The second kappa shape index (κ2) is 4.20. The van der Waals surface area contributed by atoms with Crippen LogP contribution in [0, 0.1) is 0 Å². The van der Waals surface area contributed by atoms with Gasteiger partial charge in [-0.1, -0.05) is 18.2 Å². The Morgan fingerprint density at radius 3 is 2.89 bits per heavy atom. The summed E-state index contributed by atoms with van der Waals surface area (Å²) in [6.45, 7) is 0.620. The number of aryl methyl sites for hydroxylation is 1. The van der Waals surface area contributed by atoms with E-state index in [9.17, 15) is 8.42 Å². The molecule has 0 fully saturated rings. The minimum atomic E-state index is -3.20. The molecule has 18 heavy (non-hydrogen) atoms. The fourth-order valence-corrected chi connectivity index (χ4v) is 4.27. The van der Waals surface area contributed by atoms with Gasteiger partial charge in [-0.15, -0.1) is 0 Å². The van der Waals surface area contributed by atoms with Crippen molar-refractivity contribution in [3.8, 4) is 11.3 Å². The van der Waals surface area contributed by atoms with Crippen LogP contribution in [-0.2, 0) is 16.4 Å². The molecule has 1 aliphatic rings. The third-order valence-corrected chi connectivity index (χ3v) is 5.49. The lowest BCUT2D eigenvalue weighted by Crippen LogP contribution is -2.16. The number of aromatic nitrogens is 2. The van der Waals surface area contributed by atoms with Crippen LogP contribution in [0.4, 0.5) is 0 Å². The monoisotopic (exact) mass is 326 g/mol. The number of benzene rings is 1. The van der Waals surface area contributed by atoms with Crippen molar-refractivity contribution in [2.24, 2.45) is 0 Å². The van der Waals surface area contributed by atoms with Gasteiger partial charge in [0.1, 0.15) is 0 Å². The van der Waals surface area contributed by atoms with Crippen LogP contribution in [0.15, 0.2) is 39.8 Å². The van der Waals surface area contributed by atoms with Crippen LogP contribution in [-0.4, -0.2) is 24.0 Å². The van der Waals surface area contributed by atoms with Crippen molar-refractivity contribution >= 4 is 25.8 Å². The van der Waals surface area contributed by atoms with Gasteiger partial charge in [-0.25, -0.2) is 8.42 Å². The second-order valence-electron chi connectivity index (χ2n) is 4.23. The molecule has 2 aromatic rings. The highest BCUT2D eigenvalue weighted by molar-refractivity contribution is 9.10. The van der Waals surface area contributed by atoms with E-state index in [0.29, 0.717) is 17.9 Å². The lowest BCUT2D eigenvalue weighted by Gasteiger charge is -2.16. The van der Waals surface area contributed by atoms with Crippen LogP contribution >= 0.6 is 15.9 Å². The van der Waals surface area contributed by atoms with E-state index in [1.165, 1.54) is 0 Å². The molecule has 0 saturated heterocycles. The van der Waals surface area contributed by atoms with Gasteiger partial charge in [0.05, 0.1) is 27.0 Å². The normalized spacial score (nSPS) is 17.4. The van der Waals surface area contributed by atoms with E-state index in [2.05, 4.69) is 21.0 Å². The zero-order chi connectivity index (χ0) is 12.8.